The summed E-state index contributed by atoms with van der Waals surface area (Å²) < 4.78 is 31.6. The number of sulfonamides is 1. The number of amides is 1. The van der Waals surface area contributed by atoms with Gasteiger partial charge in [-0.2, -0.15) is 9.40 Å². The Labute approximate surface area is 242 Å². The third kappa shape index (κ3) is 5.78. The zero-order valence-corrected chi connectivity index (χ0v) is 25.6. The van der Waals surface area contributed by atoms with Gasteiger partial charge in [0.05, 0.1) is 32.7 Å². The Morgan fingerprint density at radius 2 is 2.00 bits per heavy atom. The predicted molar refractivity (Wildman–Crippen MR) is 159 cm³/mol. The van der Waals surface area contributed by atoms with Crippen LogP contribution < -0.4 is 4.90 Å². The first-order valence-corrected chi connectivity index (χ1v) is 16.5. The Morgan fingerprint density at radius 3 is 2.67 bits per heavy atom. The van der Waals surface area contributed by atoms with Crippen LogP contribution in [0.15, 0.2) is 40.6 Å². The van der Waals surface area contributed by atoms with Crippen molar-refractivity contribution in [3.05, 3.63) is 57.7 Å². The molecule has 0 N–H and O–H groups in total. The molecule has 8 nitrogen and oxygen atoms in total. The van der Waals surface area contributed by atoms with E-state index in [9.17, 15) is 13.2 Å². The molecule has 1 aliphatic rings. The number of hydrogen-bond donors (Lipinski definition) is 0. The molecule has 1 amide bonds. The Kier molecular flexibility index (Phi) is 8.17. The average Bonchev–Trinajstić information content (AvgIpc) is 3.62. The van der Waals surface area contributed by atoms with E-state index in [2.05, 4.69) is 25.0 Å². The van der Waals surface area contributed by atoms with Gasteiger partial charge in [0, 0.05) is 25.3 Å². The molecular weight excluding hydrogens is 574 g/mol. The Hall–Kier alpha value is -2.31. The molecule has 5 rings (SSSR count). The molecular formula is C27H32ClN5O3S3. The van der Waals surface area contributed by atoms with Crippen molar-refractivity contribution in [3.63, 3.8) is 0 Å². The second-order valence-corrected chi connectivity index (χ2v) is 15.1. The van der Waals surface area contributed by atoms with Crippen molar-refractivity contribution in [2.24, 2.45) is 5.92 Å². The zero-order valence-electron chi connectivity index (χ0n) is 22.4. The lowest BCUT2D eigenvalue weighted by Crippen LogP contribution is -2.47. The van der Waals surface area contributed by atoms with Gasteiger partial charge in [0.2, 0.25) is 5.91 Å². The van der Waals surface area contributed by atoms with Crippen LogP contribution in [0.4, 0.5) is 5.13 Å². The SMILES string of the molecule is Cc1cc(C)n(CCN(C(=O)C2CCCN(S(=O)(=O)c3ccc(Cl)s3)C2)c2nc3c(C(C)C)cccc3s2)n1. The highest BCUT2D eigenvalue weighted by Gasteiger charge is 2.37. The molecule has 1 aliphatic heterocycles. The highest BCUT2D eigenvalue weighted by atomic mass is 35.5. The van der Waals surface area contributed by atoms with Gasteiger partial charge in [-0.15, -0.1) is 11.3 Å². The third-order valence-electron chi connectivity index (χ3n) is 7.07. The number of piperidine rings is 1. The van der Waals surface area contributed by atoms with E-state index in [1.54, 1.807) is 11.0 Å². The van der Waals surface area contributed by atoms with E-state index in [1.165, 1.54) is 21.7 Å². The maximum absolute atomic E-state index is 14.1. The molecule has 1 fully saturated rings. The average molecular weight is 606 g/mol. The number of aromatic nitrogens is 3. The van der Waals surface area contributed by atoms with Gasteiger partial charge in [-0.05, 0) is 62.4 Å². The van der Waals surface area contributed by atoms with Crippen LogP contribution in [0.2, 0.25) is 4.34 Å². The summed E-state index contributed by atoms with van der Waals surface area (Å²) in [6, 6.07) is 11.3. The number of hydrogen-bond acceptors (Lipinski definition) is 7. The van der Waals surface area contributed by atoms with Gasteiger partial charge < -0.3 is 0 Å². The van der Waals surface area contributed by atoms with E-state index in [0.29, 0.717) is 47.9 Å². The molecule has 4 aromatic rings. The van der Waals surface area contributed by atoms with Crippen LogP contribution in [0.25, 0.3) is 10.2 Å². The molecule has 3 aromatic heterocycles. The summed E-state index contributed by atoms with van der Waals surface area (Å²) in [5, 5.41) is 5.21. The van der Waals surface area contributed by atoms with Crippen LogP contribution in [0.1, 0.15) is 49.6 Å². The summed E-state index contributed by atoms with van der Waals surface area (Å²) in [7, 11) is -3.72. The van der Waals surface area contributed by atoms with Crippen LogP contribution in [-0.2, 0) is 21.4 Å². The largest absolute Gasteiger partial charge is 0.286 e. The quantitative estimate of drug-likeness (QED) is 0.243. The van der Waals surface area contributed by atoms with E-state index in [-0.39, 0.29) is 16.7 Å². The number of benzene rings is 1. The van der Waals surface area contributed by atoms with Crippen molar-refractivity contribution in [3.8, 4) is 0 Å². The van der Waals surface area contributed by atoms with Crippen molar-refractivity contribution in [1.82, 2.24) is 19.1 Å². The van der Waals surface area contributed by atoms with E-state index in [1.807, 2.05) is 36.7 Å². The molecule has 1 atom stereocenters. The van der Waals surface area contributed by atoms with Gasteiger partial charge >= 0.3 is 0 Å². The number of thiazole rings is 1. The van der Waals surface area contributed by atoms with Crippen molar-refractivity contribution >= 4 is 65.6 Å². The molecule has 12 heteroatoms. The fraction of sp³-hybridized carbons (Fsp3) is 0.444. The Bertz CT molecular complexity index is 1610. The molecule has 39 heavy (non-hydrogen) atoms. The van der Waals surface area contributed by atoms with Gasteiger partial charge in [0.15, 0.2) is 5.13 Å². The third-order valence-corrected chi connectivity index (χ3v) is 11.7. The maximum atomic E-state index is 14.1. The number of carbonyl (C=O) groups excluding carboxylic acids is 1. The summed E-state index contributed by atoms with van der Waals surface area (Å²) in [6.45, 7) is 9.64. The summed E-state index contributed by atoms with van der Waals surface area (Å²) in [6.07, 6.45) is 1.23. The van der Waals surface area contributed by atoms with Gasteiger partial charge in [0.1, 0.15) is 4.21 Å². The standard InChI is InChI=1S/C27H32ClN5O3S3/c1-17(2)21-8-5-9-22-25(21)29-27(37-22)32(13-14-33-19(4)15-18(3)30-33)26(34)20-7-6-12-31(16-20)39(35,36)24-11-10-23(28)38-24/h5,8-11,15,17,20H,6-7,12-14,16H2,1-4H3. The Morgan fingerprint density at radius 1 is 1.21 bits per heavy atom. The Balaban J connectivity index is 1.46. The second-order valence-electron chi connectivity index (χ2n) is 10.2. The van der Waals surface area contributed by atoms with Crippen LogP contribution in [0.5, 0.6) is 0 Å². The molecule has 0 saturated carbocycles. The number of nitrogens with zero attached hydrogens (tertiary/aromatic N) is 5. The van der Waals surface area contributed by atoms with E-state index in [4.69, 9.17) is 16.6 Å². The number of aryl methyl sites for hydroxylation is 2. The maximum Gasteiger partial charge on any atom is 0.252 e. The molecule has 4 heterocycles. The minimum atomic E-state index is -3.72. The van der Waals surface area contributed by atoms with Crippen molar-refractivity contribution in [2.75, 3.05) is 24.5 Å². The number of thiophene rings is 1. The molecule has 0 aliphatic carbocycles. The lowest BCUT2D eigenvalue weighted by atomic mass is 9.98. The summed E-state index contributed by atoms with van der Waals surface area (Å²) in [4.78, 5) is 20.8. The van der Waals surface area contributed by atoms with Gasteiger partial charge in [-0.25, -0.2) is 13.4 Å². The van der Waals surface area contributed by atoms with Crippen LogP contribution in [0.3, 0.4) is 0 Å². The number of fused-ring (bicyclic) bond motifs is 1. The van der Waals surface area contributed by atoms with E-state index in [0.717, 1.165) is 38.5 Å². The normalized spacial score (nSPS) is 16.8. The van der Waals surface area contributed by atoms with Crippen molar-refractivity contribution < 1.29 is 13.2 Å². The number of para-hydroxylation sites is 1. The predicted octanol–water partition coefficient (Wildman–Crippen LogP) is 6.08. The summed E-state index contributed by atoms with van der Waals surface area (Å²) in [5.41, 5.74) is 4.01. The number of carbonyl (C=O) groups is 1. The molecule has 0 bridgehead atoms. The number of rotatable bonds is 8. The zero-order chi connectivity index (χ0) is 27.9. The first kappa shape index (κ1) is 28.2. The van der Waals surface area contributed by atoms with Gasteiger partial charge in [-0.3, -0.25) is 14.4 Å². The van der Waals surface area contributed by atoms with E-state index < -0.39 is 15.9 Å². The van der Waals surface area contributed by atoms with Crippen molar-refractivity contribution in [1.29, 1.82) is 0 Å². The lowest BCUT2D eigenvalue weighted by molar-refractivity contribution is -0.123. The highest BCUT2D eigenvalue weighted by Crippen LogP contribution is 2.36. The fourth-order valence-corrected chi connectivity index (χ4v) is 9.27. The number of halogens is 1. The van der Waals surface area contributed by atoms with Crippen LogP contribution >= 0.6 is 34.3 Å². The topological polar surface area (TPSA) is 88.4 Å². The molecule has 1 unspecified atom stereocenters. The van der Waals surface area contributed by atoms with Crippen LogP contribution in [-0.4, -0.2) is 53.0 Å². The fourth-order valence-electron chi connectivity index (χ4n) is 5.08. The summed E-state index contributed by atoms with van der Waals surface area (Å²) in [5.74, 6) is -0.280. The van der Waals surface area contributed by atoms with Crippen molar-refractivity contribution in [2.45, 2.75) is 57.2 Å². The molecule has 0 spiro atoms. The lowest BCUT2D eigenvalue weighted by Gasteiger charge is -2.33. The number of anilines is 1. The molecule has 208 valence electrons. The van der Waals surface area contributed by atoms with Gasteiger partial charge in [0.25, 0.3) is 10.0 Å². The second kappa shape index (κ2) is 11.3. The first-order valence-electron chi connectivity index (χ1n) is 13.0. The first-order chi connectivity index (χ1) is 18.5. The smallest absolute Gasteiger partial charge is 0.252 e. The van der Waals surface area contributed by atoms with E-state index >= 15 is 0 Å². The molecule has 0 radical (unpaired) electrons. The van der Waals surface area contributed by atoms with Crippen LogP contribution in [0, 0.1) is 19.8 Å². The molecule has 1 saturated heterocycles. The highest BCUT2D eigenvalue weighted by molar-refractivity contribution is 7.91. The van der Waals surface area contributed by atoms with Gasteiger partial charge in [-0.1, -0.05) is 48.9 Å². The molecule has 1 aromatic carbocycles. The minimum absolute atomic E-state index is 0.106. The summed E-state index contributed by atoms with van der Waals surface area (Å²) >= 11 is 8.56. The minimum Gasteiger partial charge on any atom is -0.286 e. The monoisotopic (exact) mass is 605 g/mol.